The van der Waals surface area contributed by atoms with Crippen LogP contribution in [-0.4, -0.2) is 19.2 Å². The summed E-state index contributed by atoms with van der Waals surface area (Å²) < 4.78 is 6.76. The molecule has 3 heteroatoms. The highest BCUT2D eigenvalue weighted by Gasteiger charge is 2.02. The SMILES string of the molecule is C=CCNCC(C)Oc1ccc(Br)cc1. The number of benzene rings is 1. The number of nitrogens with one attached hydrogen (secondary N) is 1. The zero-order valence-corrected chi connectivity index (χ0v) is 10.5. The minimum Gasteiger partial charge on any atom is -0.489 e. The first-order valence-corrected chi connectivity index (χ1v) is 5.75. The van der Waals surface area contributed by atoms with Gasteiger partial charge in [-0.3, -0.25) is 0 Å². The van der Waals surface area contributed by atoms with Gasteiger partial charge < -0.3 is 10.1 Å². The van der Waals surface area contributed by atoms with Crippen molar-refractivity contribution in [2.24, 2.45) is 0 Å². The summed E-state index contributed by atoms with van der Waals surface area (Å²) in [4.78, 5) is 0. The molecular weight excluding hydrogens is 254 g/mol. The molecule has 1 N–H and O–H groups in total. The Bertz CT molecular complexity index is 297. The second-order valence-electron chi connectivity index (χ2n) is 3.33. The van der Waals surface area contributed by atoms with E-state index in [1.807, 2.05) is 37.3 Å². The van der Waals surface area contributed by atoms with Crippen LogP contribution in [0.2, 0.25) is 0 Å². The van der Waals surface area contributed by atoms with E-state index in [2.05, 4.69) is 27.8 Å². The second-order valence-corrected chi connectivity index (χ2v) is 4.24. The van der Waals surface area contributed by atoms with Gasteiger partial charge in [0.15, 0.2) is 0 Å². The van der Waals surface area contributed by atoms with Crippen LogP contribution in [0.15, 0.2) is 41.4 Å². The van der Waals surface area contributed by atoms with Crippen LogP contribution in [-0.2, 0) is 0 Å². The molecule has 82 valence electrons. The molecular formula is C12H16BrNO. The Hall–Kier alpha value is -0.800. The Morgan fingerprint density at radius 1 is 1.47 bits per heavy atom. The van der Waals surface area contributed by atoms with E-state index >= 15 is 0 Å². The Morgan fingerprint density at radius 2 is 2.13 bits per heavy atom. The van der Waals surface area contributed by atoms with Crippen molar-refractivity contribution in [1.82, 2.24) is 5.32 Å². The van der Waals surface area contributed by atoms with E-state index in [1.165, 1.54) is 0 Å². The smallest absolute Gasteiger partial charge is 0.119 e. The van der Waals surface area contributed by atoms with Crippen LogP contribution >= 0.6 is 15.9 Å². The van der Waals surface area contributed by atoms with Gasteiger partial charge in [0, 0.05) is 17.6 Å². The Labute approximate surface area is 99.5 Å². The summed E-state index contributed by atoms with van der Waals surface area (Å²) in [6, 6.07) is 7.85. The molecule has 1 atom stereocenters. The van der Waals surface area contributed by atoms with Crippen LogP contribution < -0.4 is 10.1 Å². The first-order chi connectivity index (χ1) is 7.22. The molecule has 1 unspecified atom stereocenters. The van der Waals surface area contributed by atoms with Gasteiger partial charge in [0.2, 0.25) is 0 Å². The van der Waals surface area contributed by atoms with Gasteiger partial charge in [-0.25, -0.2) is 0 Å². The average Bonchev–Trinajstić information content (AvgIpc) is 2.22. The molecule has 0 amide bonds. The van der Waals surface area contributed by atoms with Crippen LogP contribution in [0.4, 0.5) is 0 Å². The van der Waals surface area contributed by atoms with E-state index < -0.39 is 0 Å². The van der Waals surface area contributed by atoms with Gasteiger partial charge in [0.25, 0.3) is 0 Å². The third kappa shape index (κ3) is 5.00. The largest absolute Gasteiger partial charge is 0.489 e. The zero-order valence-electron chi connectivity index (χ0n) is 8.87. The molecule has 0 fully saturated rings. The molecule has 0 radical (unpaired) electrons. The van der Waals surface area contributed by atoms with Crippen LogP contribution in [0.25, 0.3) is 0 Å². The van der Waals surface area contributed by atoms with Crippen molar-refractivity contribution < 1.29 is 4.74 Å². The van der Waals surface area contributed by atoms with Crippen LogP contribution in [0.1, 0.15) is 6.92 Å². The summed E-state index contributed by atoms with van der Waals surface area (Å²) >= 11 is 3.38. The van der Waals surface area contributed by atoms with E-state index in [0.717, 1.165) is 23.3 Å². The minimum atomic E-state index is 0.158. The van der Waals surface area contributed by atoms with Crippen molar-refractivity contribution in [3.05, 3.63) is 41.4 Å². The summed E-state index contributed by atoms with van der Waals surface area (Å²) in [5, 5.41) is 3.21. The Morgan fingerprint density at radius 3 is 2.73 bits per heavy atom. The van der Waals surface area contributed by atoms with Crippen molar-refractivity contribution >= 4 is 15.9 Å². The molecule has 0 saturated heterocycles. The van der Waals surface area contributed by atoms with Gasteiger partial charge in [-0.2, -0.15) is 0 Å². The van der Waals surface area contributed by atoms with Crippen LogP contribution in [0, 0.1) is 0 Å². The highest BCUT2D eigenvalue weighted by atomic mass is 79.9. The fraction of sp³-hybridized carbons (Fsp3) is 0.333. The molecule has 2 nitrogen and oxygen atoms in total. The number of rotatable bonds is 6. The predicted molar refractivity (Wildman–Crippen MR) is 67.3 cm³/mol. The number of hydrogen-bond donors (Lipinski definition) is 1. The standard InChI is InChI=1S/C12H16BrNO/c1-3-8-14-9-10(2)15-12-6-4-11(13)5-7-12/h3-7,10,14H,1,8-9H2,2H3. The van der Waals surface area contributed by atoms with Crippen molar-refractivity contribution in [2.45, 2.75) is 13.0 Å². The second kappa shape index (κ2) is 6.64. The van der Waals surface area contributed by atoms with Crippen molar-refractivity contribution in [3.8, 4) is 5.75 Å². The molecule has 0 aliphatic carbocycles. The number of ether oxygens (including phenoxy) is 1. The first kappa shape index (κ1) is 12.3. The normalized spacial score (nSPS) is 12.1. The molecule has 0 bridgehead atoms. The van der Waals surface area contributed by atoms with E-state index in [4.69, 9.17) is 4.74 Å². The zero-order chi connectivity index (χ0) is 11.1. The van der Waals surface area contributed by atoms with E-state index in [-0.39, 0.29) is 6.10 Å². The quantitative estimate of drug-likeness (QED) is 0.633. The van der Waals surface area contributed by atoms with E-state index in [9.17, 15) is 0 Å². The van der Waals surface area contributed by atoms with Crippen molar-refractivity contribution in [1.29, 1.82) is 0 Å². The lowest BCUT2D eigenvalue weighted by molar-refractivity contribution is 0.219. The van der Waals surface area contributed by atoms with Crippen molar-refractivity contribution in [3.63, 3.8) is 0 Å². The Balaban J connectivity index is 2.34. The van der Waals surface area contributed by atoms with E-state index in [0.29, 0.717) is 0 Å². The van der Waals surface area contributed by atoms with Gasteiger partial charge in [0.1, 0.15) is 11.9 Å². The monoisotopic (exact) mass is 269 g/mol. The van der Waals surface area contributed by atoms with Gasteiger partial charge in [-0.05, 0) is 31.2 Å². The maximum Gasteiger partial charge on any atom is 0.119 e. The third-order valence-electron chi connectivity index (χ3n) is 1.87. The maximum atomic E-state index is 5.70. The molecule has 0 heterocycles. The van der Waals surface area contributed by atoms with Gasteiger partial charge in [0.05, 0.1) is 0 Å². The molecule has 1 aromatic carbocycles. The fourth-order valence-corrected chi connectivity index (χ4v) is 1.44. The topological polar surface area (TPSA) is 21.3 Å². The number of halogens is 1. The molecule has 0 aromatic heterocycles. The van der Waals surface area contributed by atoms with E-state index in [1.54, 1.807) is 0 Å². The predicted octanol–water partition coefficient (Wildman–Crippen LogP) is 2.99. The molecule has 0 spiro atoms. The van der Waals surface area contributed by atoms with Crippen LogP contribution in [0.3, 0.4) is 0 Å². The summed E-state index contributed by atoms with van der Waals surface area (Å²) in [5.41, 5.74) is 0. The van der Waals surface area contributed by atoms with Gasteiger partial charge >= 0.3 is 0 Å². The average molecular weight is 270 g/mol. The molecule has 0 aliphatic heterocycles. The highest BCUT2D eigenvalue weighted by molar-refractivity contribution is 9.10. The third-order valence-corrected chi connectivity index (χ3v) is 2.40. The van der Waals surface area contributed by atoms with Crippen LogP contribution in [0.5, 0.6) is 5.75 Å². The molecule has 1 aromatic rings. The molecule has 0 aliphatic rings. The summed E-state index contributed by atoms with van der Waals surface area (Å²) in [6.07, 6.45) is 2.00. The lowest BCUT2D eigenvalue weighted by Crippen LogP contribution is -2.28. The first-order valence-electron chi connectivity index (χ1n) is 4.96. The summed E-state index contributed by atoms with van der Waals surface area (Å²) in [5.74, 6) is 0.895. The molecule has 15 heavy (non-hydrogen) atoms. The molecule has 0 saturated carbocycles. The lowest BCUT2D eigenvalue weighted by atomic mass is 10.3. The van der Waals surface area contributed by atoms with Crippen molar-refractivity contribution in [2.75, 3.05) is 13.1 Å². The number of hydrogen-bond acceptors (Lipinski definition) is 2. The summed E-state index contributed by atoms with van der Waals surface area (Å²) in [7, 11) is 0. The summed E-state index contributed by atoms with van der Waals surface area (Å²) in [6.45, 7) is 7.32. The Kier molecular flexibility index (Phi) is 5.43. The lowest BCUT2D eigenvalue weighted by Gasteiger charge is -2.14. The van der Waals surface area contributed by atoms with Gasteiger partial charge in [-0.15, -0.1) is 6.58 Å². The highest BCUT2D eigenvalue weighted by Crippen LogP contribution is 2.16. The minimum absolute atomic E-state index is 0.158. The fourth-order valence-electron chi connectivity index (χ4n) is 1.18. The molecule has 1 rings (SSSR count). The van der Waals surface area contributed by atoms with Gasteiger partial charge in [-0.1, -0.05) is 22.0 Å². The maximum absolute atomic E-state index is 5.70.